The van der Waals surface area contributed by atoms with E-state index < -0.39 is 35.4 Å². The third-order valence-corrected chi connectivity index (χ3v) is 11.6. The lowest BCUT2D eigenvalue weighted by Crippen LogP contribution is -2.57. The van der Waals surface area contributed by atoms with Gasteiger partial charge in [0.25, 0.3) is 0 Å². The van der Waals surface area contributed by atoms with Crippen molar-refractivity contribution in [2.24, 2.45) is 10.5 Å². The first-order chi connectivity index (χ1) is 30.2. The first-order valence-corrected chi connectivity index (χ1v) is 22.1. The molecule has 2 aliphatic rings. The van der Waals surface area contributed by atoms with Gasteiger partial charge in [0.05, 0.1) is 48.2 Å². The molecule has 4 aromatic rings. The van der Waals surface area contributed by atoms with E-state index in [1.807, 2.05) is 88.7 Å². The summed E-state index contributed by atoms with van der Waals surface area (Å²) < 4.78 is 11.3. The molecule has 2 aromatic carbocycles. The van der Waals surface area contributed by atoms with Gasteiger partial charge in [0, 0.05) is 51.5 Å². The number of anilines is 2. The smallest absolute Gasteiger partial charge is 0.320 e. The largest absolute Gasteiger partial charge is 0.461 e. The van der Waals surface area contributed by atoms with Crippen LogP contribution in [0.4, 0.5) is 11.6 Å². The molecule has 0 bridgehead atoms. The van der Waals surface area contributed by atoms with Crippen molar-refractivity contribution >= 4 is 52.8 Å². The number of thiazole rings is 1. The van der Waals surface area contributed by atoms with Crippen molar-refractivity contribution in [2.75, 3.05) is 56.3 Å². The molecule has 0 aliphatic carbocycles. The van der Waals surface area contributed by atoms with E-state index in [0.29, 0.717) is 37.9 Å². The topological polar surface area (TPSA) is 213 Å². The number of carbonyl (C=O) groups excluding carboxylic acids is 4. The third kappa shape index (κ3) is 13.5. The van der Waals surface area contributed by atoms with Crippen molar-refractivity contribution in [2.45, 2.75) is 85.0 Å². The van der Waals surface area contributed by atoms with Gasteiger partial charge < -0.3 is 40.3 Å². The predicted molar refractivity (Wildman–Crippen MR) is 241 cm³/mol. The number of hydrogen-bond donors (Lipinski definition) is 5. The number of likely N-dealkylation sites (tertiary alicyclic amines) is 1. The van der Waals surface area contributed by atoms with Gasteiger partial charge in [0.1, 0.15) is 24.5 Å². The highest BCUT2D eigenvalue weighted by molar-refractivity contribution is 7.13. The summed E-state index contributed by atoms with van der Waals surface area (Å²) in [5, 5.41) is 23.5. The summed E-state index contributed by atoms with van der Waals surface area (Å²) in [5.74, 6) is -0.394. The fourth-order valence-electron chi connectivity index (χ4n) is 7.26. The molecule has 17 nitrogen and oxygen atoms in total. The summed E-state index contributed by atoms with van der Waals surface area (Å²) in [5.41, 5.74) is 9.01. The van der Waals surface area contributed by atoms with Gasteiger partial charge in [-0.25, -0.2) is 4.98 Å². The summed E-state index contributed by atoms with van der Waals surface area (Å²) in [4.78, 5) is 71.2. The molecule has 4 heterocycles. The molecule has 2 saturated heterocycles. The summed E-state index contributed by atoms with van der Waals surface area (Å²) in [7, 11) is 0. The normalized spacial score (nSPS) is 17.0. The van der Waals surface area contributed by atoms with E-state index in [1.54, 1.807) is 23.6 Å². The van der Waals surface area contributed by atoms with Crippen molar-refractivity contribution in [3.8, 4) is 16.5 Å². The van der Waals surface area contributed by atoms with E-state index in [4.69, 9.17) is 9.47 Å². The molecule has 2 fully saturated rings. The van der Waals surface area contributed by atoms with E-state index in [2.05, 4.69) is 46.3 Å². The number of rotatable bonds is 18. The monoisotopic (exact) mass is 882 g/mol. The molecule has 5 N–H and O–H groups in total. The summed E-state index contributed by atoms with van der Waals surface area (Å²) in [6.07, 6.45) is 1.22. The molecule has 6 rings (SSSR count). The lowest BCUT2D eigenvalue weighted by molar-refractivity contribution is -0.144. The number of aryl methyl sites for hydroxylation is 2. The van der Waals surface area contributed by atoms with Crippen LogP contribution in [0.15, 0.2) is 65.2 Å². The average molecular weight is 883 g/mol. The highest BCUT2D eigenvalue weighted by Gasteiger charge is 2.44. The molecule has 0 saturated carbocycles. The minimum Gasteiger partial charge on any atom is -0.461 e. The zero-order chi connectivity index (χ0) is 44.9. The Morgan fingerprint density at radius 2 is 1.78 bits per heavy atom. The van der Waals surface area contributed by atoms with Crippen LogP contribution in [0.5, 0.6) is 6.01 Å². The number of hydrazone groups is 1. The Morgan fingerprint density at radius 3 is 2.49 bits per heavy atom. The number of amides is 4. The number of nitrogens with one attached hydrogen (secondary N) is 4. The number of aliphatic hydroxyl groups excluding tert-OH is 1. The Morgan fingerprint density at radius 1 is 1.02 bits per heavy atom. The second-order valence-corrected chi connectivity index (χ2v) is 17.6. The fraction of sp³-hybridized carbons (Fsp3) is 0.467. The standard InChI is InChI=1S/C45H58N10O7S/c1-29-8-6-9-32(22-29)26-49-53-36-24-37(54-17-20-61-21-18-54)51-44(50-36)62-19-16-46-38(57)10-7-11-39(58)52-41(45(3,4)5)43(60)55-27-34(56)23-35(55)42(59)47-25-31-12-14-33(15-13-31)40-30(2)48-28-63-40/h6,8-9,12-15,22,24,26,28,34-35,41,56H,7,10-11,16-21,23,25,27H2,1-5H3,(H,46,57)(H,47,59)(H,52,58)(H,50,51,53)/b49-26+/t34-,35+,41-/m1/s1. The van der Waals surface area contributed by atoms with E-state index in [9.17, 15) is 24.3 Å². The second kappa shape index (κ2) is 21.9. The van der Waals surface area contributed by atoms with Crippen LogP contribution < -0.4 is 31.0 Å². The SMILES string of the molecule is Cc1cccc(/C=N/Nc2cc(N3CCOCC3)nc(OCCNC(=O)CCCC(=O)N[C@H](C(=O)N3C[C@H](O)C[C@H]3C(=O)NCc3ccc(-c4scnc4C)cc3)C(C)(C)C)n2)c1. The number of carbonyl (C=O) groups is 4. The second-order valence-electron chi connectivity index (χ2n) is 16.8. The minimum atomic E-state index is -0.973. The summed E-state index contributed by atoms with van der Waals surface area (Å²) in [6.45, 7) is 12.4. The maximum Gasteiger partial charge on any atom is 0.320 e. The summed E-state index contributed by atoms with van der Waals surface area (Å²) in [6, 6.07) is 15.8. The minimum absolute atomic E-state index is 0.00197. The van der Waals surface area contributed by atoms with Crippen LogP contribution >= 0.6 is 11.3 Å². The average Bonchev–Trinajstić information content (AvgIpc) is 3.88. The van der Waals surface area contributed by atoms with Crippen molar-refractivity contribution < 1.29 is 33.8 Å². The van der Waals surface area contributed by atoms with Crippen LogP contribution in [0.25, 0.3) is 10.4 Å². The first-order valence-electron chi connectivity index (χ1n) is 21.3. The van der Waals surface area contributed by atoms with E-state index >= 15 is 0 Å². The molecule has 63 heavy (non-hydrogen) atoms. The van der Waals surface area contributed by atoms with E-state index in [1.165, 1.54) is 4.90 Å². The van der Waals surface area contributed by atoms with Gasteiger partial charge in [-0.05, 0) is 42.4 Å². The highest BCUT2D eigenvalue weighted by Crippen LogP contribution is 2.29. The number of benzene rings is 2. The Labute approximate surface area is 372 Å². The molecule has 18 heteroatoms. The zero-order valence-corrected chi connectivity index (χ0v) is 37.4. The van der Waals surface area contributed by atoms with Crippen molar-refractivity contribution in [3.05, 3.63) is 82.5 Å². The van der Waals surface area contributed by atoms with Crippen LogP contribution in [0.3, 0.4) is 0 Å². The number of β-amino-alcohol motifs (C(OH)–C–C–N with tert-alkyl or cyclic N) is 1. The van der Waals surface area contributed by atoms with E-state index in [-0.39, 0.29) is 69.7 Å². The van der Waals surface area contributed by atoms with Crippen molar-refractivity contribution in [1.82, 2.24) is 35.8 Å². The molecule has 0 spiro atoms. The number of hydrogen-bond acceptors (Lipinski definition) is 14. The lowest BCUT2D eigenvalue weighted by atomic mass is 9.85. The summed E-state index contributed by atoms with van der Waals surface area (Å²) >= 11 is 1.57. The third-order valence-electron chi connectivity index (χ3n) is 10.6. The predicted octanol–water partition coefficient (Wildman–Crippen LogP) is 3.97. The molecule has 3 atom stereocenters. The van der Waals surface area contributed by atoms with Gasteiger partial charge in [-0.15, -0.1) is 11.3 Å². The molecule has 2 aliphatic heterocycles. The fourth-order valence-corrected chi connectivity index (χ4v) is 8.07. The van der Waals surface area contributed by atoms with Crippen LogP contribution in [-0.2, 0) is 30.5 Å². The van der Waals surface area contributed by atoms with Gasteiger partial charge >= 0.3 is 6.01 Å². The van der Waals surface area contributed by atoms with Crippen LogP contribution in [0.1, 0.15) is 68.8 Å². The quantitative estimate of drug-likeness (QED) is 0.0546. The maximum atomic E-state index is 14.0. The first kappa shape index (κ1) is 46.5. The van der Waals surface area contributed by atoms with Crippen molar-refractivity contribution in [1.29, 1.82) is 0 Å². The molecule has 336 valence electrons. The Bertz CT molecular complexity index is 2220. The Hall–Kier alpha value is -5.98. The van der Waals surface area contributed by atoms with Gasteiger partial charge in [-0.3, -0.25) is 24.6 Å². The molecular weight excluding hydrogens is 825 g/mol. The molecule has 0 unspecified atom stereocenters. The van der Waals surface area contributed by atoms with Gasteiger partial charge in [0.15, 0.2) is 5.82 Å². The highest BCUT2D eigenvalue weighted by atomic mass is 32.1. The van der Waals surface area contributed by atoms with Crippen LogP contribution in [0, 0.1) is 19.3 Å². The zero-order valence-electron chi connectivity index (χ0n) is 36.6. The van der Waals surface area contributed by atoms with Gasteiger partial charge in [-0.1, -0.05) is 74.9 Å². The molecule has 0 radical (unpaired) electrons. The van der Waals surface area contributed by atoms with Crippen LogP contribution in [0.2, 0.25) is 0 Å². The lowest BCUT2D eigenvalue weighted by Gasteiger charge is -2.35. The van der Waals surface area contributed by atoms with Gasteiger partial charge in [0.2, 0.25) is 23.6 Å². The maximum absolute atomic E-state index is 14.0. The Balaban J connectivity index is 0.946. The van der Waals surface area contributed by atoms with Crippen molar-refractivity contribution in [3.63, 3.8) is 0 Å². The molecule has 4 amide bonds. The number of morpholine rings is 1. The van der Waals surface area contributed by atoms with E-state index in [0.717, 1.165) is 32.8 Å². The molecular formula is C45H58N10O7S. The Kier molecular flexibility index (Phi) is 16.2. The number of aromatic nitrogens is 3. The number of nitrogens with zero attached hydrogens (tertiary/aromatic N) is 6. The van der Waals surface area contributed by atoms with Gasteiger partial charge in [-0.2, -0.15) is 15.1 Å². The number of aliphatic hydroxyl groups is 1. The number of ether oxygens (including phenoxy) is 2. The van der Waals surface area contributed by atoms with Crippen LogP contribution in [-0.4, -0.2) is 119 Å². The molecule has 2 aromatic heterocycles.